The summed E-state index contributed by atoms with van der Waals surface area (Å²) in [5, 5.41) is 0. The van der Waals surface area contributed by atoms with E-state index in [9.17, 15) is 13.2 Å². The molecule has 5 heteroatoms. The maximum Gasteiger partial charge on any atom is 0.183 e. The monoisotopic (exact) mass is 428 g/mol. The van der Waals surface area contributed by atoms with Gasteiger partial charge in [0, 0.05) is 22.6 Å². The van der Waals surface area contributed by atoms with E-state index in [2.05, 4.69) is 6.92 Å². The van der Waals surface area contributed by atoms with E-state index >= 15 is 0 Å². The lowest BCUT2D eigenvalue weighted by molar-refractivity contribution is -0.202. The van der Waals surface area contributed by atoms with Crippen LogP contribution in [0.4, 0.5) is 13.2 Å². The lowest BCUT2D eigenvalue weighted by Gasteiger charge is -2.27. The van der Waals surface area contributed by atoms with Crippen LogP contribution in [-0.2, 0) is 9.47 Å². The Morgan fingerprint density at radius 2 is 1.23 bits per heavy atom. The van der Waals surface area contributed by atoms with Crippen LogP contribution >= 0.6 is 0 Å². The van der Waals surface area contributed by atoms with Crippen LogP contribution in [0.15, 0.2) is 54.6 Å². The van der Waals surface area contributed by atoms with Gasteiger partial charge in [0.2, 0.25) is 0 Å². The zero-order chi connectivity index (χ0) is 22.5. The third-order valence-electron chi connectivity index (χ3n) is 5.14. The van der Waals surface area contributed by atoms with Gasteiger partial charge in [-0.2, -0.15) is 0 Å². The maximum absolute atomic E-state index is 14.7. The quantitative estimate of drug-likeness (QED) is 0.431. The molecule has 164 valence electrons. The summed E-state index contributed by atoms with van der Waals surface area (Å²) in [5.74, 6) is -1.55. The summed E-state index contributed by atoms with van der Waals surface area (Å²) in [5.41, 5.74) is 2.65. The first-order valence-electron chi connectivity index (χ1n) is 10.5. The van der Waals surface area contributed by atoms with Gasteiger partial charge in [-0.15, -0.1) is 0 Å². The lowest BCUT2D eigenvalue weighted by atomic mass is 9.98. The first-order chi connectivity index (χ1) is 14.9. The van der Waals surface area contributed by atoms with E-state index in [1.807, 2.05) is 38.1 Å². The Balaban J connectivity index is 0.00000132. The topological polar surface area (TPSA) is 18.5 Å². The van der Waals surface area contributed by atoms with Gasteiger partial charge in [-0.25, -0.2) is 13.2 Å². The third kappa shape index (κ3) is 5.17. The molecule has 0 atom stereocenters. The molecule has 1 saturated heterocycles. The summed E-state index contributed by atoms with van der Waals surface area (Å²) in [6.07, 6.45) is -0.384. The van der Waals surface area contributed by atoms with Crippen molar-refractivity contribution in [2.24, 2.45) is 5.92 Å². The fourth-order valence-electron chi connectivity index (χ4n) is 3.35. The average molecular weight is 428 g/mol. The fourth-order valence-corrected chi connectivity index (χ4v) is 3.35. The van der Waals surface area contributed by atoms with Gasteiger partial charge in [0.05, 0.1) is 13.2 Å². The summed E-state index contributed by atoms with van der Waals surface area (Å²) >= 11 is 0. The molecule has 31 heavy (non-hydrogen) atoms. The highest BCUT2D eigenvalue weighted by molar-refractivity contribution is 5.71. The van der Waals surface area contributed by atoms with Crippen molar-refractivity contribution in [1.29, 1.82) is 0 Å². The second-order valence-electron chi connectivity index (χ2n) is 7.49. The van der Waals surface area contributed by atoms with Gasteiger partial charge in [-0.05, 0) is 41.8 Å². The molecule has 0 saturated carbocycles. The second kappa shape index (κ2) is 10.1. The number of hydrogen-bond acceptors (Lipinski definition) is 2. The minimum absolute atomic E-state index is 0.0775. The van der Waals surface area contributed by atoms with Gasteiger partial charge in [0.25, 0.3) is 0 Å². The minimum Gasteiger partial charge on any atom is -0.348 e. The molecule has 3 aromatic carbocycles. The Hall–Kier alpha value is -2.63. The number of ether oxygens (including phenoxy) is 2. The van der Waals surface area contributed by atoms with Crippen molar-refractivity contribution in [3.05, 3.63) is 83.2 Å². The van der Waals surface area contributed by atoms with Crippen LogP contribution in [0, 0.1) is 30.3 Å². The lowest BCUT2D eigenvalue weighted by Crippen LogP contribution is -2.24. The first kappa shape index (κ1) is 23.0. The highest BCUT2D eigenvalue weighted by Gasteiger charge is 2.20. The van der Waals surface area contributed by atoms with E-state index in [1.165, 1.54) is 19.1 Å². The molecule has 2 nitrogen and oxygen atoms in total. The van der Waals surface area contributed by atoms with Crippen molar-refractivity contribution in [2.75, 3.05) is 13.2 Å². The zero-order valence-corrected chi connectivity index (χ0v) is 18.2. The highest BCUT2D eigenvalue weighted by Crippen LogP contribution is 2.31. The van der Waals surface area contributed by atoms with Gasteiger partial charge >= 0.3 is 0 Å². The van der Waals surface area contributed by atoms with Crippen LogP contribution in [0.3, 0.4) is 0 Å². The van der Waals surface area contributed by atoms with Crippen LogP contribution in [-0.4, -0.2) is 13.2 Å². The van der Waals surface area contributed by atoms with Crippen LogP contribution in [0.5, 0.6) is 0 Å². The summed E-state index contributed by atoms with van der Waals surface area (Å²) in [6, 6.07) is 14.5. The Morgan fingerprint density at radius 3 is 1.77 bits per heavy atom. The summed E-state index contributed by atoms with van der Waals surface area (Å²) < 4.78 is 53.7. The molecular formula is C26H27F3O2. The SMILES string of the molecule is CC.Cc1c(F)cc(-c2ccc(-c3ccc(C4OCC(C)CO4)cc3)cc2F)cc1F. The summed E-state index contributed by atoms with van der Waals surface area (Å²) in [7, 11) is 0. The molecule has 1 fully saturated rings. The second-order valence-corrected chi connectivity index (χ2v) is 7.49. The van der Waals surface area contributed by atoms with Gasteiger partial charge in [0.15, 0.2) is 6.29 Å². The molecule has 0 amide bonds. The van der Waals surface area contributed by atoms with Crippen molar-refractivity contribution in [3.63, 3.8) is 0 Å². The third-order valence-corrected chi connectivity index (χ3v) is 5.14. The Kier molecular flexibility index (Phi) is 7.52. The number of rotatable bonds is 3. The molecule has 0 unspecified atom stereocenters. The van der Waals surface area contributed by atoms with E-state index in [0.717, 1.165) is 23.3 Å². The van der Waals surface area contributed by atoms with E-state index < -0.39 is 17.5 Å². The van der Waals surface area contributed by atoms with E-state index in [1.54, 1.807) is 6.07 Å². The van der Waals surface area contributed by atoms with Crippen LogP contribution in [0.2, 0.25) is 0 Å². The molecule has 3 aromatic rings. The first-order valence-corrected chi connectivity index (χ1v) is 10.5. The number of hydrogen-bond donors (Lipinski definition) is 0. The molecule has 0 N–H and O–H groups in total. The minimum atomic E-state index is -0.694. The van der Waals surface area contributed by atoms with Crippen molar-refractivity contribution < 1.29 is 22.6 Å². The van der Waals surface area contributed by atoms with Crippen molar-refractivity contribution in [3.8, 4) is 22.3 Å². The van der Waals surface area contributed by atoms with Gasteiger partial charge in [-0.3, -0.25) is 0 Å². The average Bonchev–Trinajstić information content (AvgIpc) is 2.79. The predicted octanol–water partition coefficient (Wildman–Crippen LogP) is 7.45. The van der Waals surface area contributed by atoms with Crippen LogP contribution < -0.4 is 0 Å². The van der Waals surface area contributed by atoms with E-state index in [-0.39, 0.29) is 23.0 Å². The van der Waals surface area contributed by atoms with Gasteiger partial charge < -0.3 is 9.47 Å². The standard InChI is InChI=1S/C24H21F3O2.C2H6/c1-14-12-28-24(29-13-14)17-5-3-16(4-6-17)18-7-8-20(23(27)9-18)19-10-21(25)15(2)22(26)11-19;1-2/h3-11,14,24H,12-13H2,1-2H3;1-2H3. The molecule has 0 aliphatic carbocycles. The van der Waals surface area contributed by atoms with Crippen LogP contribution in [0.1, 0.15) is 38.2 Å². The Labute approximate surface area is 181 Å². The van der Waals surface area contributed by atoms with Gasteiger partial charge in [-0.1, -0.05) is 57.2 Å². The van der Waals surface area contributed by atoms with Crippen LogP contribution in [0.25, 0.3) is 22.3 Å². The van der Waals surface area contributed by atoms with Crippen molar-refractivity contribution in [2.45, 2.75) is 34.0 Å². The molecule has 1 heterocycles. The Bertz CT molecular complexity index is 1000. The largest absolute Gasteiger partial charge is 0.348 e. The molecule has 0 aromatic heterocycles. The number of halogens is 3. The van der Waals surface area contributed by atoms with Crippen molar-refractivity contribution in [1.82, 2.24) is 0 Å². The van der Waals surface area contributed by atoms with Gasteiger partial charge in [0.1, 0.15) is 17.5 Å². The highest BCUT2D eigenvalue weighted by atomic mass is 19.1. The van der Waals surface area contributed by atoms with E-state index in [0.29, 0.717) is 24.7 Å². The fraction of sp³-hybridized carbons (Fsp3) is 0.308. The normalized spacial score (nSPS) is 18.3. The summed E-state index contributed by atoms with van der Waals surface area (Å²) in [6.45, 7) is 8.72. The maximum atomic E-state index is 14.7. The molecule has 0 spiro atoms. The van der Waals surface area contributed by atoms with E-state index in [4.69, 9.17) is 9.47 Å². The molecular weight excluding hydrogens is 401 g/mol. The molecule has 0 radical (unpaired) electrons. The molecule has 1 aliphatic rings. The predicted molar refractivity (Wildman–Crippen MR) is 117 cm³/mol. The summed E-state index contributed by atoms with van der Waals surface area (Å²) in [4.78, 5) is 0. The molecule has 1 aliphatic heterocycles. The Morgan fingerprint density at radius 1 is 0.710 bits per heavy atom. The molecule has 0 bridgehead atoms. The molecule has 4 rings (SSSR count). The van der Waals surface area contributed by atoms with Crippen molar-refractivity contribution >= 4 is 0 Å². The number of benzene rings is 3. The zero-order valence-electron chi connectivity index (χ0n) is 18.2. The smallest absolute Gasteiger partial charge is 0.183 e.